The molecule has 14 heavy (non-hydrogen) atoms. The first-order chi connectivity index (χ1) is 6.61. The van der Waals surface area contributed by atoms with Crippen LogP contribution in [-0.4, -0.2) is 22.3 Å². The highest BCUT2D eigenvalue weighted by atomic mass is 32.2. The SMILES string of the molecule is CCN(CC)C(=S)S/C=C/CC(C)C. The van der Waals surface area contributed by atoms with Crippen molar-refractivity contribution in [3.05, 3.63) is 11.5 Å². The van der Waals surface area contributed by atoms with E-state index in [1.165, 1.54) is 0 Å². The fourth-order valence-electron chi connectivity index (χ4n) is 0.990. The molecule has 0 aliphatic rings. The molecule has 82 valence electrons. The van der Waals surface area contributed by atoms with Crippen molar-refractivity contribution in [1.82, 2.24) is 4.90 Å². The molecule has 3 heteroatoms. The Hall–Kier alpha value is -0.0200. The van der Waals surface area contributed by atoms with E-state index in [1.807, 2.05) is 0 Å². The topological polar surface area (TPSA) is 3.24 Å². The summed E-state index contributed by atoms with van der Waals surface area (Å²) in [5, 5.41) is 2.11. The van der Waals surface area contributed by atoms with Crippen LogP contribution in [0, 0.1) is 5.92 Å². The molecule has 0 rings (SSSR count). The molecule has 0 bridgehead atoms. The predicted molar refractivity (Wildman–Crippen MR) is 71.7 cm³/mol. The average Bonchev–Trinajstić information content (AvgIpc) is 2.14. The van der Waals surface area contributed by atoms with Crippen LogP contribution in [0.1, 0.15) is 34.1 Å². The van der Waals surface area contributed by atoms with Crippen LogP contribution in [0.3, 0.4) is 0 Å². The highest BCUT2D eigenvalue weighted by Gasteiger charge is 2.02. The largest absolute Gasteiger partial charge is 0.358 e. The van der Waals surface area contributed by atoms with Gasteiger partial charge in [-0.25, -0.2) is 0 Å². The number of thiocarbonyl (C=S) groups is 1. The van der Waals surface area contributed by atoms with Gasteiger partial charge in [-0.05, 0) is 31.6 Å². The molecule has 0 aromatic carbocycles. The summed E-state index contributed by atoms with van der Waals surface area (Å²) in [4.78, 5) is 2.19. The lowest BCUT2D eigenvalue weighted by atomic mass is 10.1. The molecule has 0 N–H and O–H groups in total. The van der Waals surface area contributed by atoms with E-state index in [0.717, 1.165) is 29.7 Å². The third-order valence-corrected chi connectivity index (χ3v) is 3.23. The molecule has 0 amide bonds. The molecule has 0 aliphatic carbocycles. The smallest absolute Gasteiger partial charge is 0.140 e. The van der Waals surface area contributed by atoms with Crippen LogP contribution < -0.4 is 0 Å². The van der Waals surface area contributed by atoms with Crippen LogP contribution in [0.4, 0.5) is 0 Å². The summed E-state index contributed by atoms with van der Waals surface area (Å²) in [6.45, 7) is 10.7. The third-order valence-electron chi connectivity index (χ3n) is 1.89. The zero-order valence-electron chi connectivity index (χ0n) is 9.62. The Morgan fingerprint density at radius 3 is 2.36 bits per heavy atom. The lowest BCUT2D eigenvalue weighted by molar-refractivity contribution is 0.482. The second kappa shape index (κ2) is 8.30. The monoisotopic (exact) mass is 231 g/mol. The number of nitrogens with zero attached hydrogens (tertiary/aromatic N) is 1. The fraction of sp³-hybridized carbons (Fsp3) is 0.727. The Bertz CT molecular complexity index is 184. The molecule has 0 fully saturated rings. The molecule has 0 spiro atoms. The maximum Gasteiger partial charge on any atom is 0.140 e. The van der Waals surface area contributed by atoms with Crippen molar-refractivity contribution < 1.29 is 0 Å². The minimum atomic E-state index is 0.730. The van der Waals surface area contributed by atoms with E-state index >= 15 is 0 Å². The predicted octanol–water partition coefficient (Wildman–Crippen LogP) is 3.91. The third kappa shape index (κ3) is 6.44. The Kier molecular flexibility index (Phi) is 8.29. The van der Waals surface area contributed by atoms with Crippen LogP contribution in [-0.2, 0) is 0 Å². The minimum absolute atomic E-state index is 0.730. The first kappa shape index (κ1) is 14.0. The van der Waals surface area contributed by atoms with Gasteiger partial charge in [-0.2, -0.15) is 0 Å². The van der Waals surface area contributed by atoms with Gasteiger partial charge in [-0.15, -0.1) is 0 Å². The van der Waals surface area contributed by atoms with Gasteiger partial charge in [0.05, 0.1) is 0 Å². The highest BCUT2D eigenvalue weighted by molar-refractivity contribution is 8.24. The van der Waals surface area contributed by atoms with E-state index in [9.17, 15) is 0 Å². The van der Waals surface area contributed by atoms with Crippen LogP contribution in [0.25, 0.3) is 0 Å². The van der Waals surface area contributed by atoms with E-state index in [-0.39, 0.29) is 0 Å². The van der Waals surface area contributed by atoms with Crippen molar-refractivity contribution in [2.45, 2.75) is 34.1 Å². The fourth-order valence-corrected chi connectivity index (χ4v) is 2.15. The molecular formula is C11H21NS2. The van der Waals surface area contributed by atoms with Crippen LogP contribution in [0.15, 0.2) is 11.5 Å². The first-order valence-corrected chi connectivity index (χ1v) is 6.51. The highest BCUT2D eigenvalue weighted by Crippen LogP contribution is 2.12. The van der Waals surface area contributed by atoms with Gasteiger partial charge in [0, 0.05) is 13.1 Å². The van der Waals surface area contributed by atoms with Crippen molar-refractivity contribution in [2.24, 2.45) is 5.92 Å². The molecule has 0 unspecified atom stereocenters. The van der Waals surface area contributed by atoms with Gasteiger partial charge in [0.25, 0.3) is 0 Å². The standard InChI is InChI=1S/C11H21NS2/c1-5-12(6-2)11(13)14-9-7-8-10(3)4/h7,9-10H,5-6,8H2,1-4H3/b9-7+. The lowest BCUT2D eigenvalue weighted by Crippen LogP contribution is -2.26. The summed E-state index contributed by atoms with van der Waals surface area (Å²) in [6.07, 6.45) is 3.33. The van der Waals surface area contributed by atoms with E-state index in [0.29, 0.717) is 0 Å². The summed E-state index contributed by atoms with van der Waals surface area (Å²) in [5.41, 5.74) is 0. The zero-order chi connectivity index (χ0) is 11.0. The summed E-state index contributed by atoms with van der Waals surface area (Å²) in [6, 6.07) is 0. The Morgan fingerprint density at radius 2 is 1.93 bits per heavy atom. The zero-order valence-corrected chi connectivity index (χ0v) is 11.3. The molecule has 0 saturated heterocycles. The second-order valence-electron chi connectivity index (χ2n) is 3.56. The Balaban J connectivity index is 3.77. The van der Waals surface area contributed by atoms with Crippen molar-refractivity contribution >= 4 is 28.3 Å². The van der Waals surface area contributed by atoms with Gasteiger partial charge >= 0.3 is 0 Å². The summed E-state index contributed by atoms with van der Waals surface area (Å²) in [5.74, 6) is 0.730. The van der Waals surface area contributed by atoms with Gasteiger partial charge in [0.1, 0.15) is 4.32 Å². The molecule has 0 saturated carbocycles. The summed E-state index contributed by atoms with van der Waals surface area (Å²) in [7, 11) is 0. The molecule has 0 aromatic heterocycles. The lowest BCUT2D eigenvalue weighted by Gasteiger charge is -2.19. The van der Waals surface area contributed by atoms with Crippen molar-refractivity contribution in [3.63, 3.8) is 0 Å². The van der Waals surface area contributed by atoms with Gasteiger partial charge in [-0.1, -0.05) is 43.9 Å². The molecular weight excluding hydrogens is 210 g/mol. The maximum atomic E-state index is 5.29. The van der Waals surface area contributed by atoms with E-state index in [2.05, 4.69) is 44.1 Å². The van der Waals surface area contributed by atoms with Crippen LogP contribution in [0.2, 0.25) is 0 Å². The Morgan fingerprint density at radius 1 is 1.36 bits per heavy atom. The minimum Gasteiger partial charge on any atom is -0.358 e. The van der Waals surface area contributed by atoms with Gasteiger partial charge in [-0.3, -0.25) is 0 Å². The van der Waals surface area contributed by atoms with Crippen molar-refractivity contribution in [3.8, 4) is 0 Å². The van der Waals surface area contributed by atoms with Crippen LogP contribution >= 0.6 is 24.0 Å². The summed E-state index contributed by atoms with van der Waals surface area (Å²) < 4.78 is 0.981. The Labute approximate surface area is 97.9 Å². The number of allylic oxidation sites excluding steroid dienone is 1. The average molecular weight is 231 g/mol. The number of hydrogen-bond acceptors (Lipinski definition) is 2. The first-order valence-electron chi connectivity index (χ1n) is 5.22. The molecule has 0 radical (unpaired) electrons. The second-order valence-corrected chi connectivity index (χ2v) is 5.10. The number of rotatable bonds is 5. The normalized spacial score (nSPS) is 11.2. The molecule has 0 heterocycles. The van der Waals surface area contributed by atoms with E-state index < -0.39 is 0 Å². The van der Waals surface area contributed by atoms with E-state index in [4.69, 9.17) is 12.2 Å². The van der Waals surface area contributed by atoms with Gasteiger partial charge in [0.2, 0.25) is 0 Å². The molecule has 1 nitrogen and oxygen atoms in total. The quantitative estimate of drug-likeness (QED) is 0.661. The number of hydrogen-bond donors (Lipinski definition) is 0. The van der Waals surface area contributed by atoms with Gasteiger partial charge < -0.3 is 4.90 Å². The number of thioether (sulfide) groups is 1. The van der Waals surface area contributed by atoms with Gasteiger partial charge in [0.15, 0.2) is 0 Å². The van der Waals surface area contributed by atoms with Crippen LogP contribution in [0.5, 0.6) is 0 Å². The molecule has 0 aromatic rings. The maximum absolute atomic E-state index is 5.29. The van der Waals surface area contributed by atoms with Crippen molar-refractivity contribution in [1.29, 1.82) is 0 Å². The molecule has 0 aliphatic heterocycles. The summed E-state index contributed by atoms with van der Waals surface area (Å²) >= 11 is 6.94. The van der Waals surface area contributed by atoms with E-state index in [1.54, 1.807) is 11.8 Å². The molecule has 0 atom stereocenters. The van der Waals surface area contributed by atoms with Crippen molar-refractivity contribution in [2.75, 3.05) is 13.1 Å².